The number of pyridine rings is 1. The Bertz CT molecular complexity index is 635. The minimum Gasteiger partial charge on any atom is -0.383 e. The Kier molecular flexibility index (Phi) is 3.49. The first-order valence-corrected chi connectivity index (χ1v) is 6.39. The third kappa shape index (κ3) is 2.15. The smallest absolute Gasteiger partial charge is 0.143 e. The molecular formula is C13H10FN3S. The largest absolute Gasteiger partial charge is 0.383 e. The lowest BCUT2D eigenvalue weighted by atomic mass is 10.0. The Hall–Kier alpha value is -2.06. The SMILES string of the molecule is CSc1cc(-c2ccccc2F)c(C#N)c(N)n1. The molecule has 0 radical (unpaired) electrons. The van der Waals surface area contributed by atoms with Crippen molar-refractivity contribution in [3.63, 3.8) is 0 Å². The summed E-state index contributed by atoms with van der Waals surface area (Å²) in [4.78, 5) is 4.07. The molecule has 0 saturated carbocycles. The van der Waals surface area contributed by atoms with Crippen molar-refractivity contribution in [3.05, 3.63) is 41.7 Å². The molecule has 2 N–H and O–H groups in total. The summed E-state index contributed by atoms with van der Waals surface area (Å²) in [7, 11) is 0. The number of nitrogen functional groups attached to an aromatic ring is 1. The third-order valence-electron chi connectivity index (χ3n) is 2.51. The van der Waals surface area contributed by atoms with E-state index in [-0.39, 0.29) is 17.2 Å². The summed E-state index contributed by atoms with van der Waals surface area (Å²) in [5.41, 5.74) is 6.77. The Morgan fingerprint density at radius 2 is 2.06 bits per heavy atom. The van der Waals surface area contributed by atoms with Gasteiger partial charge < -0.3 is 5.73 Å². The average Bonchev–Trinajstić information content (AvgIpc) is 2.38. The maximum atomic E-state index is 13.8. The first kappa shape index (κ1) is 12.4. The van der Waals surface area contributed by atoms with Crippen LogP contribution in [0.1, 0.15) is 5.56 Å². The van der Waals surface area contributed by atoms with E-state index in [1.165, 1.54) is 17.8 Å². The number of hydrogen-bond donors (Lipinski definition) is 1. The lowest BCUT2D eigenvalue weighted by Crippen LogP contribution is -1.99. The zero-order valence-corrected chi connectivity index (χ0v) is 10.5. The topological polar surface area (TPSA) is 62.7 Å². The van der Waals surface area contributed by atoms with E-state index in [4.69, 9.17) is 11.0 Å². The van der Waals surface area contributed by atoms with Gasteiger partial charge in [-0.25, -0.2) is 9.37 Å². The second-order valence-electron chi connectivity index (χ2n) is 3.56. The van der Waals surface area contributed by atoms with Crippen molar-refractivity contribution in [1.82, 2.24) is 4.98 Å². The van der Waals surface area contributed by atoms with Crippen molar-refractivity contribution in [2.24, 2.45) is 0 Å². The minimum atomic E-state index is -0.383. The van der Waals surface area contributed by atoms with Crippen LogP contribution in [0.2, 0.25) is 0 Å². The van der Waals surface area contributed by atoms with Crippen molar-refractivity contribution >= 4 is 17.6 Å². The van der Waals surface area contributed by atoms with E-state index in [2.05, 4.69) is 4.98 Å². The highest BCUT2D eigenvalue weighted by atomic mass is 32.2. The molecule has 0 saturated heterocycles. The highest BCUT2D eigenvalue weighted by molar-refractivity contribution is 7.98. The number of rotatable bonds is 2. The van der Waals surface area contributed by atoms with Crippen LogP contribution in [0.15, 0.2) is 35.4 Å². The molecule has 1 heterocycles. The molecule has 0 amide bonds. The monoisotopic (exact) mass is 259 g/mol. The van der Waals surface area contributed by atoms with Gasteiger partial charge in [0.05, 0.1) is 5.03 Å². The van der Waals surface area contributed by atoms with Gasteiger partial charge in [0.2, 0.25) is 0 Å². The molecule has 1 aromatic carbocycles. The lowest BCUT2D eigenvalue weighted by Gasteiger charge is -2.09. The highest BCUT2D eigenvalue weighted by Gasteiger charge is 2.14. The molecule has 0 atom stereocenters. The molecule has 1 aromatic heterocycles. The van der Waals surface area contributed by atoms with Crippen LogP contribution in [0.3, 0.4) is 0 Å². The fourth-order valence-corrected chi connectivity index (χ4v) is 2.08. The van der Waals surface area contributed by atoms with Gasteiger partial charge in [0.15, 0.2) is 0 Å². The number of nitriles is 1. The standard InChI is InChI=1S/C13H10FN3S/c1-18-12-6-9(10(7-15)13(16)17-12)8-4-2-3-5-11(8)14/h2-6H,1H3,(H2,16,17). The van der Waals surface area contributed by atoms with Crippen LogP contribution in [0.4, 0.5) is 10.2 Å². The van der Waals surface area contributed by atoms with E-state index < -0.39 is 0 Å². The Balaban J connectivity index is 2.74. The normalized spacial score (nSPS) is 10.1. The number of thioether (sulfide) groups is 1. The van der Waals surface area contributed by atoms with Crippen LogP contribution in [0, 0.1) is 17.1 Å². The van der Waals surface area contributed by atoms with Gasteiger partial charge in [-0.3, -0.25) is 0 Å². The summed E-state index contributed by atoms with van der Waals surface area (Å²) in [6, 6.07) is 9.95. The highest BCUT2D eigenvalue weighted by Crippen LogP contribution is 2.31. The Morgan fingerprint density at radius 1 is 1.33 bits per heavy atom. The van der Waals surface area contributed by atoms with Gasteiger partial charge in [-0.05, 0) is 18.4 Å². The number of aromatic nitrogens is 1. The molecule has 0 bridgehead atoms. The van der Waals surface area contributed by atoms with Crippen LogP contribution in [0.25, 0.3) is 11.1 Å². The van der Waals surface area contributed by atoms with Gasteiger partial charge in [-0.1, -0.05) is 18.2 Å². The summed E-state index contributed by atoms with van der Waals surface area (Å²) in [5, 5.41) is 9.77. The van der Waals surface area contributed by atoms with Gasteiger partial charge in [0, 0.05) is 11.1 Å². The van der Waals surface area contributed by atoms with E-state index in [0.29, 0.717) is 16.2 Å². The summed E-state index contributed by atoms with van der Waals surface area (Å²) < 4.78 is 13.8. The van der Waals surface area contributed by atoms with Crippen molar-refractivity contribution in [2.75, 3.05) is 12.0 Å². The van der Waals surface area contributed by atoms with Gasteiger partial charge in [-0.15, -0.1) is 11.8 Å². The molecule has 18 heavy (non-hydrogen) atoms. The first-order valence-electron chi connectivity index (χ1n) is 5.17. The second kappa shape index (κ2) is 5.07. The molecule has 5 heteroatoms. The number of hydrogen-bond acceptors (Lipinski definition) is 4. The van der Waals surface area contributed by atoms with E-state index in [0.717, 1.165) is 0 Å². The summed E-state index contributed by atoms with van der Waals surface area (Å²) in [6.45, 7) is 0. The van der Waals surface area contributed by atoms with E-state index in [9.17, 15) is 4.39 Å². The van der Waals surface area contributed by atoms with Gasteiger partial charge >= 0.3 is 0 Å². The van der Waals surface area contributed by atoms with Crippen LogP contribution in [0.5, 0.6) is 0 Å². The van der Waals surface area contributed by atoms with Crippen molar-refractivity contribution in [2.45, 2.75) is 5.03 Å². The first-order chi connectivity index (χ1) is 8.67. The number of nitrogens with zero attached hydrogens (tertiary/aromatic N) is 2. The van der Waals surface area contributed by atoms with E-state index in [1.807, 2.05) is 12.3 Å². The third-order valence-corrected chi connectivity index (χ3v) is 3.14. The van der Waals surface area contributed by atoms with Crippen LogP contribution in [-0.2, 0) is 0 Å². The molecule has 0 unspecified atom stereocenters. The zero-order valence-electron chi connectivity index (χ0n) is 9.64. The lowest BCUT2D eigenvalue weighted by molar-refractivity contribution is 0.631. The maximum Gasteiger partial charge on any atom is 0.143 e. The van der Waals surface area contributed by atoms with Crippen molar-refractivity contribution in [1.29, 1.82) is 5.26 Å². The number of halogens is 1. The predicted molar refractivity (Wildman–Crippen MR) is 70.5 cm³/mol. The zero-order chi connectivity index (χ0) is 13.1. The van der Waals surface area contributed by atoms with Crippen molar-refractivity contribution in [3.8, 4) is 17.2 Å². The molecule has 2 rings (SSSR count). The summed E-state index contributed by atoms with van der Waals surface area (Å²) in [5.74, 6) is -0.255. The average molecular weight is 259 g/mol. The van der Waals surface area contributed by atoms with Crippen LogP contribution in [-0.4, -0.2) is 11.2 Å². The fraction of sp³-hybridized carbons (Fsp3) is 0.0769. The minimum absolute atomic E-state index is 0.127. The molecule has 3 nitrogen and oxygen atoms in total. The summed E-state index contributed by atoms with van der Waals surface area (Å²) in [6.07, 6.45) is 1.85. The van der Waals surface area contributed by atoms with Crippen LogP contribution < -0.4 is 5.73 Å². The molecule has 0 spiro atoms. The van der Waals surface area contributed by atoms with Crippen molar-refractivity contribution < 1.29 is 4.39 Å². The van der Waals surface area contributed by atoms with E-state index >= 15 is 0 Å². The summed E-state index contributed by atoms with van der Waals surface area (Å²) >= 11 is 1.39. The molecule has 0 fully saturated rings. The molecule has 0 aliphatic carbocycles. The predicted octanol–water partition coefficient (Wildman–Crippen LogP) is 3.06. The Morgan fingerprint density at radius 3 is 2.67 bits per heavy atom. The number of nitrogens with two attached hydrogens (primary N) is 1. The van der Waals surface area contributed by atoms with Gasteiger partial charge in [-0.2, -0.15) is 5.26 Å². The second-order valence-corrected chi connectivity index (χ2v) is 4.39. The number of anilines is 1. The number of benzene rings is 1. The molecule has 90 valence electrons. The Labute approximate surface area is 108 Å². The molecule has 0 aliphatic rings. The quantitative estimate of drug-likeness (QED) is 0.842. The molecular weight excluding hydrogens is 249 g/mol. The maximum absolute atomic E-state index is 13.8. The van der Waals surface area contributed by atoms with E-state index in [1.54, 1.807) is 24.3 Å². The molecule has 2 aromatic rings. The molecule has 0 aliphatic heterocycles. The van der Waals surface area contributed by atoms with Gasteiger partial charge in [0.25, 0.3) is 0 Å². The van der Waals surface area contributed by atoms with Crippen LogP contribution >= 0.6 is 11.8 Å². The van der Waals surface area contributed by atoms with Gasteiger partial charge in [0.1, 0.15) is 23.3 Å². The fourth-order valence-electron chi connectivity index (χ4n) is 1.65.